The molecule has 1 aliphatic carbocycles. The highest BCUT2D eigenvalue weighted by Gasteiger charge is 2.36. The van der Waals surface area contributed by atoms with Crippen LogP contribution < -0.4 is 0 Å². The lowest BCUT2D eigenvalue weighted by atomic mass is 9.93. The second kappa shape index (κ2) is 3.74. The molecule has 17 heavy (non-hydrogen) atoms. The van der Waals surface area contributed by atoms with E-state index in [0.717, 1.165) is 6.42 Å². The van der Waals surface area contributed by atoms with E-state index in [0.29, 0.717) is 17.2 Å². The average molecular weight is 231 g/mol. The van der Waals surface area contributed by atoms with Gasteiger partial charge in [0.05, 0.1) is 0 Å². The molecule has 1 aromatic carbocycles. The summed E-state index contributed by atoms with van der Waals surface area (Å²) in [6.45, 7) is 7.15. The minimum absolute atomic E-state index is 0.408. The average Bonchev–Trinajstić information content (AvgIpc) is 2.80. The lowest BCUT2D eigenvalue weighted by molar-refractivity contribution is 0.218. The number of aromatic hydroxyl groups is 1. The maximum atomic E-state index is 9.52. The van der Waals surface area contributed by atoms with Gasteiger partial charge >= 0.3 is 0 Å². The van der Waals surface area contributed by atoms with Crippen molar-refractivity contribution < 1.29 is 5.11 Å². The van der Waals surface area contributed by atoms with E-state index in [1.807, 2.05) is 12.1 Å². The van der Waals surface area contributed by atoms with Crippen molar-refractivity contribution in [1.82, 2.24) is 4.90 Å². The van der Waals surface area contributed by atoms with Crippen LogP contribution in [-0.2, 0) is 6.42 Å². The molecule has 2 aliphatic rings. The zero-order valence-corrected chi connectivity index (χ0v) is 10.7. The molecule has 0 radical (unpaired) electrons. The third-order valence-electron chi connectivity index (χ3n) is 4.32. The SMILES string of the molecule is CC1(C)CCN(C2CCc3cc(O)ccc32)C1. The predicted molar refractivity (Wildman–Crippen MR) is 69.1 cm³/mol. The van der Waals surface area contributed by atoms with E-state index in [1.165, 1.54) is 37.1 Å². The fourth-order valence-electron chi connectivity index (χ4n) is 3.38. The fraction of sp³-hybridized carbons (Fsp3) is 0.600. The highest BCUT2D eigenvalue weighted by Crippen LogP contribution is 2.42. The molecule has 2 nitrogen and oxygen atoms in total. The van der Waals surface area contributed by atoms with Crippen LogP contribution >= 0.6 is 0 Å². The maximum Gasteiger partial charge on any atom is 0.115 e. The molecular formula is C15H21NO. The number of rotatable bonds is 1. The molecule has 0 saturated carbocycles. The minimum Gasteiger partial charge on any atom is -0.508 e. The summed E-state index contributed by atoms with van der Waals surface area (Å²) in [7, 11) is 0. The van der Waals surface area contributed by atoms with E-state index < -0.39 is 0 Å². The van der Waals surface area contributed by atoms with E-state index >= 15 is 0 Å². The Hall–Kier alpha value is -1.02. The summed E-state index contributed by atoms with van der Waals surface area (Å²) in [5.74, 6) is 0.408. The molecule has 0 amide bonds. The van der Waals surface area contributed by atoms with Crippen LogP contribution in [0.5, 0.6) is 5.75 Å². The van der Waals surface area contributed by atoms with Gasteiger partial charge in [0.25, 0.3) is 0 Å². The topological polar surface area (TPSA) is 23.5 Å². The summed E-state index contributed by atoms with van der Waals surface area (Å²) in [5.41, 5.74) is 3.26. The normalized spacial score (nSPS) is 27.3. The third kappa shape index (κ3) is 1.95. The summed E-state index contributed by atoms with van der Waals surface area (Å²) in [4.78, 5) is 2.63. The van der Waals surface area contributed by atoms with Gasteiger partial charge in [-0.25, -0.2) is 0 Å². The zero-order chi connectivity index (χ0) is 12.0. The molecule has 1 aliphatic heterocycles. The minimum atomic E-state index is 0.408. The first-order valence-electron chi connectivity index (χ1n) is 6.61. The number of aryl methyl sites for hydroxylation is 1. The molecule has 1 unspecified atom stereocenters. The first-order valence-corrected chi connectivity index (χ1v) is 6.61. The molecule has 3 rings (SSSR count). The van der Waals surface area contributed by atoms with Crippen LogP contribution in [0.4, 0.5) is 0 Å². The summed E-state index contributed by atoms with van der Waals surface area (Å²) in [6.07, 6.45) is 3.64. The molecule has 0 spiro atoms. The Bertz CT molecular complexity index is 439. The number of benzene rings is 1. The number of fused-ring (bicyclic) bond motifs is 1. The Kier molecular flexibility index (Phi) is 2.44. The second-order valence-electron chi connectivity index (χ2n) is 6.32. The Labute approximate surface area is 103 Å². The molecular weight excluding hydrogens is 210 g/mol. The fourth-order valence-corrected chi connectivity index (χ4v) is 3.38. The Morgan fingerprint density at radius 3 is 2.88 bits per heavy atom. The molecule has 1 N–H and O–H groups in total. The van der Waals surface area contributed by atoms with Gasteiger partial charge < -0.3 is 5.11 Å². The van der Waals surface area contributed by atoms with Gasteiger partial charge in [-0.3, -0.25) is 4.90 Å². The first kappa shape index (κ1) is 11.1. The lowest BCUT2D eigenvalue weighted by Crippen LogP contribution is -2.26. The van der Waals surface area contributed by atoms with Gasteiger partial charge in [-0.05, 0) is 54.5 Å². The van der Waals surface area contributed by atoms with Gasteiger partial charge in [-0.15, -0.1) is 0 Å². The highest BCUT2D eigenvalue weighted by molar-refractivity contribution is 5.40. The maximum absolute atomic E-state index is 9.52. The number of hydrogen-bond acceptors (Lipinski definition) is 2. The third-order valence-corrected chi connectivity index (χ3v) is 4.32. The van der Waals surface area contributed by atoms with Crippen LogP contribution in [0.25, 0.3) is 0 Å². The Balaban J connectivity index is 1.85. The highest BCUT2D eigenvalue weighted by atomic mass is 16.3. The monoisotopic (exact) mass is 231 g/mol. The van der Waals surface area contributed by atoms with Crippen molar-refractivity contribution in [1.29, 1.82) is 0 Å². The number of hydrogen-bond donors (Lipinski definition) is 1. The summed E-state index contributed by atoms with van der Waals surface area (Å²) in [6, 6.07) is 6.48. The van der Waals surface area contributed by atoms with E-state index in [1.54, 1.807) is 0 Å². The van der Waals surface area contributed by atoms with Gasteiger partial charge in [-0.2, -0.15) is 0 Å². The number of nitrogens with zero attached hydrogens (tertiary/aromatic N) is 1. The summed E-state index contributed by atoms with van der Waals surface area (Å²) >= 11 is 0. The van der Waals surface area contributed by atoms with Crippen LogP contribution in [0.2, 0.25) is 0 Å². The van der Waals surface area contributed by atoms with Crippen molar-refractivity contribution in [3.63, 3.8) is 0 Å². The van der Waals surface area contributed by atoms with Crippen molar-refractivity contribution in [2.45, 2.75) is 39.2 Å². The molecule has 1 atom stereocenters. The van der Waals surface area contributed by atoms with Gasteiger partial charge in [0.2, 0.25) is 0 Å². The van der Waals surface area contributed by atoms with Crippen molar-refractivity contribution >= 4 is 0 Å². The Morgan fingerprint density at radius 2 is 2.18 bits per heavy atom. The lowest BCUT2D eigenvalue weighted by Gasteiger charge is -2.26. The summed E-state index contributed by atoms with van der Waals surface area (Å²) in [5, 5.41) is 9.52. The molecule has 1 aromatic rings. The second-order valence-corrected chi connectivity index (χ2v) is 6.32. The Morgan fingerprint density at radius 1 is 1.35 bits per heavy atom. The summed E-state index contributed by atoms with van der Waals surface area (Å²) < 4.78 is 0. The molecule has 0 aromatic heterocycles. The van der Waals surface area contributed by atoms with E-state index in [-0.39, 0.29) is 0 Å². The number of likely N-dealkylation sites (tertiary alicyclic amines) is 1. The van der Waals surface area contributed by atoms with Crippen LogP contribution in [0, 0.1) is 5.41 Å². The zero-order valence-electron chi connectivity index (χ0n) is 10.7. The molecule has 1 saturated heterocycles. The van der Waals surface area contributed by atoms with Crippen LogP contribution in [0.15, 0.2) is 18.2 Å². The quantitative estimate of drug-likeness (QED) is 0.802. The van der Waals surface area contributed by atoms with Gasteiger partial charge in [0.15, 0.2) is 0 Å². The van der Waals surface area contributed by atoms with Crippen molar-refractivity contribution in [2.24, 2.45) is 5.41 Å². The van der Waals surface area contributed by atoms with Crippen molar-refractivity contribution in [3.8, 4) is 5.75 Å². The van der Waals surface area contributed by atoms with E-state index in [4.69, 9.17) is 0 Å². The van der Waals surface area contributed by atoms with Crippen molar-refractivity contribution in [3.05, 3.63) is 29.3 Å². The molecule has 2 heteroatoms. The van der Waals surface area contributed by atoms with E-state index in [9.17, 15) is 5.11 Å². The predicted octanol–water partition coefficient (Wildman–Crippen LogP) is 3.11. The van der Waals surface area contributed by atoms with Gasteiger partial charge in [0.1, 0.15) is 5.75 Å². The molecule has 0 bridgehead atoms. The standard InChI is InChI=1S/C15H21NO/c1-15(2)7-8-16(10-15)14-6-3-11-9-12(17)4-5-13(11)14/h4-5,9,14,17H,3,6-8,10H2,1-2H3. The first-order chi connectivity index (χ1) is 8.05. The molecule has 92 valence electrons. The number of phenolic OH excluding ortho intramolecular Hbond substituents is 1. The van der Waals surface area contributed by atoms with Crippen LogP contribution in [-0.4, -0.2) is 23.1 Å². The molecule has 1 fully saturated rings. The van der Waals surface area contributed by atoms with Crippen LogP contribution in [0.3, 0.4) is 0 Å². The van der Waals surface area contributed by atoms with Gasteiger partial charge in [-0.1, -0.05) is 19.9 Å². The van der Waals surface area contributed by atoms with E-state index in [2.05, 4.69) is 24.8 Å². The smallest absolute Gasteiger partial charge is 0.115 e. The number of phenols is 1. The largest absolute Gasteiger partial charge is 0.508 e. The van der Waals surface area contributed by atoms with Gasteiger partial charge in [0, 0.05) is 12.6 Å². The molecule has 1 heterocycles. The van der Waals surface area contributed by atoms with Crippen molar-refractivity contribution in [2.75, 3.05) is 13.1 Å². The van der Waals surface area contributed by atoms with Crippen LogP contribution in [0.1, 0.15) is 43.9 Å².